The van der Waals surface area contributed by atoms with E-state index in [9.17, 15) is 4.79 Å². The summed E-state index contributed by atoms with van der Waals surface area (Å²) in [6, 6.07) is 1.92. The number of nitrogens with two attached hydrogens (primary N) is 1. The molecular formula is C26H34ClFN6O2. The number of anilines is 1. The number of hydrogen-bond acceptors (Lipinski definition) is 6. The lowest BCUT2D eigenvalue weighted by Crippen LogP contribution is -2.51. The van der Waals surface area contributed by atoms with Crippen LogP contribution in [0.25, 0.3) is 5.52 Å². The van der Waals surface area contributed by atoms with Gasteiger partial charge in [0.05, 0.1) is 16.8 Å². The molecule has 2 N–H and O–H groups in total. The molecule has 194 valence electrons. The third kappa shape index (κ3) is 4.74. The maximum Gasteiger partial charge on any atom is 0.260 e. The summed E-state index contributed by atoms with van der Waals surface area (Å²) in [5.41, 5.74) is 7.99. The standard InChI is InChI=1S/C26H34ClFN6O2/c1-14(2)32-9-11-33(12-10-32)26(35)20-21(28)19(27)13-18(23(20)36-15(3)4)16(5)25-31-17(6)22-24(29)30-7-8-34(22)25/h7-8,13-16H,9-12H2,1-6H3,(H2,29,30). The number of rotatable bonds is 6. The van der Waals surface area contributed by atoms with Gasteiger partial charge in [0.1, 0.15) is 28.5 Å². The van der Waals surface area contributed by atoms with E-state index in [1.807, 2.05) is 32.1 Å². The maximum atomic E-state index is 15.6. The van der Waals surface area contributed by atoms with Gasteiger partial charge in [-0.15, -0.1) is 0 Å². The molecule has 0 radical (unpaired) electrons. The molecule has 0 saturated carbocycles. The van der Waals surface area contributed by atoms with E-state index in [1.165, 1.54) is 6.07 Å². The van der Waals surface area contributed by atoms with Crippen LogP contribution < -0.4 is 10.5 Å². The molecule has 3 aromatic rings. The zero-order valence-electron chi connectivity index (χ0n) is 21.7. The van der Waals surface area contributed by atoms with Crippen molar-refractivity contribution in [2.75, 3.05) is 31.9 Å². The highest BCUT2D eigenvalue weighted by atomic mass is 35.5. The van der Waals surface area contributed by atoms with Gasteiger partial charge in [0.15, 0.2) is 5.82 Å². The zero-order valence-corrected chi connectivity index (χ0v) is 22.4. The van der Waals surface area contributed by atoms with Crippen molar-refractivity contribution in [1.29, 1.82) is 0 Å². The van der Waals surface area contributed by atoms with Crippen LogP contribution in [0.3, 0.4) is 0 Å². The number of fused-ring (bicyclic) bond motifs is 1. The molecule has 1 amide bonds. The molecule has 10 heteroatoms. The summed E-state index contributed by atoms with van der Waals surface area (Å²) >= 11 is 6.39. The highest BCUT2D eigenvalue weighted by Crippen LogP contribution is 2.40. The van der Waals surface area contributed by atoms with Gasteiger partial charge < -0.3 is 15.4 Å². The van der Waals surface area contributed by atoms with Crippen LogP contribution in [0.5, 0.6) is 5.75 Å². The van der Waals surface area contributed by atoms with Crippen LogP contribution in [-0.4, -0.2) is 68.4 Å². The smallest absolute Gasteiger partial charge is 0.260 e. The van der Waals surface area contributed by atoms with Crippen molar-refractivity contribution in [2.45, 2.75) is 59.6 Å². The number of benzene rings is 1. The van der Waals surface area contributed by atoms with E-state index < -0.39 is 11.7 Å². The first-order valence-corrected chi connectivity index (χ1v) is 12.7. The summed E-state index contributed by atoms with van der Waals surface area (Å²) in [7, 11) is 0. The van der Waals surface area contributed by atoms with Crippen molar-refractivity contribution in [2.24, 2.45) is 0 Å². The van der Waals surface area contributed by atoms with E-state index in [2.05, 4.69) is 23.7 Å². The molecule has 3 heterocycles. The molecule has 1 fully saturated rings. The number of aromatic nitrogens is 3. The van der Waals surface area contributed by atoms with Crippen LogP contribution in [0.4, 0.5) is 10.2 Å². The van der Waals surface area contributed by atoms with Gasteiger partial charge in [-0.2, -0.15) is 0 Å². The van der Waals surface area contributed by atoms with Gasteiger partial charge in [-0.05, 0) is 40.7 Å². The molecule has 1 aliphatic rings. The molecule has 2 aromatic heterocycles. The number of hydrogen-bond donors (Lipinski definition) is 1. The molecule has 1 aromatic carbocycles. The summed E-state index contributed by atoms with van der Waals surface area (Å²) < 4.78 is 23.6. The van der Waals surface area contributed by atoms with E-state index in [0.717, 1.165) is 18.8 Å². The second-order valence-corrected chi connectivity index (χ2v) is 10.3. The van der Waals surface area contributed by atoms with Gasteiger partial charge in [-0.3, -0.25) is 14.1 Å². The fraction of sp³-hybridized carbons (Fsp3) is 0.500. The average molecular weight is 517 g/mol. The molecule has 0 spiro atoms. The van der Waals surface area contributed by atoms with Crippen LogP contribution in [-0.2, 0) is 0 Å². The van der Waals surface area contributed by atoms with Gasteiger partial charge in [-0.25, -0.2) is 14.4 Å². The molecule has 0 bridgehead atoms. The van der Waals surface area contributed by atoms with Crippen molar-refractivity contribution in [3.63, 3.8) is 0 Å². The van der Waals surface area contributed by atoms with Gasteiger partial charge >= 0.3 is 0 Å². The van der Waals surface area contributed by atoms with Crippen molar-refractivity contribution < 1.29 is 13.9 Å². The molecule has 1 aliphatic heterocycles. The summed E-state index contributed by atoms with van der Waals surface area (Å²) in [5, 5.41) is -0.129. The highest BCUT2D eigenvalue weighted by Gasteiger charge is 2.33. The van der Waals surface area contributed by atoms with Crippen LogP contribution >= 0.6 is 11.6 Å². The molecule has 36 heavy (non-hydrogen) atoms. The molecular weight excluding hydrogens is 483 g/mol. The van der Waals surface area contributed by atoms with Crippen molar-refractivity contribution in [3.05, 3.63) is 51.9 Å². The van der Waals surface area contributed by atoms with Crippen molar-refractivity contribution in [1.82, 2.24) is 24.2 Å². The normalized spacial score (nSPS) is 15.8. The summed E-state index contributed by atoms with van der Waals surface area (Å²) in [5.74, 6) is -0.335. The van der Waals surface area contributed by atoms with E-state index >= 15 is 4.39 Å². The Morgan fingerprint density at radius 1 is 1.17 bits per heavy atom. The number of carbonyl (C=O) groups excluding carboxylic acids is 1. The summed E-state index contributed by atoms with van der Waals surface area (Å²) in [4.78, 5) is 26.6. The number of imidazole rings is 1. The fourth-order valence-corrected chi connectivity index (χ4v) is 5.03. The van der Waals surface area contributed by atoms with Crippen LogP contribution in [0.1, 0.15) is 68.0 Å². The first kappa shape index (κ1) is 26.2. The van der Waals surface area contributed by atoms with Crippen molar-refractivity contribution >= 4 is 28.8 Å². The van der Waals surface area contributed by atoms with E-state index in [1.54, 1.807) is 17.3 Å². The molecule has 8 nitrogen and oxygen atoms in total. The highest BCUT2D eigenvalue weighted by molar-refractivity contribution is 6.31. The Labute approximate surface area is 216 Å². The number of carbonyl (C=O) groups is 1. The lowest BCUT2D eigenvalue weighted by molar-refractivity contribution is 0.0585. The fourth-order valence-electron chi connectivity index (χ4n) is 4.82. The third-order valence-electron chi connectivity index (χ3n) is 6.74. The van der Waals surface area contributed by atoms with Crippen molar-refractivity contribution in [3.8, 4) is 5.75 Å². The number of nitrogens with zero attached hydrogens (tertiary/aromatic N) is 5. The Balaban J connectivity index is 1.82. The molecule has 1 atom stereocenters. The third-order valence-corrected chi connectivity index (χ3v) is 7.01. The maximum absolute atomic E-state index is 15.6. The first-order valence-electron chi connectivity index (χ1n) is 12.3. The topological polar surface area (TPSA) is 89.0 Å². The van der Waals surface area contributed by atoms with Gasteiger partial charge in [0.2, 0.25) is 0 Å². The Bertz CT molecular complexity index is 1280. The lowest BCUT2D eigenvalue weighted by Gasteiger charge is -2.37. The molecule has 4 rings (SSSR count). The van der Waals surface area contributed by atoms with Crippen LogP contribution in [0.15, 0.2) is 18.5 Å². The predicted molar refractivity (Wildman–Crippen MR) is 139 cm³/mol. The Morgan fingerprint density at radius 3 is 2.44 bits per heavy atom. The van der Waals surface area contributed by atoms with Gasteiger partial charge in [0, 0.05) is 56.1 Å². The first-order chi connectivity index (χ1) is 17.0. The summed E-state index contributed by atoms with van der Waals surface area (Å²) in [6.07, 6.45) is 3.10. The van der Waals surface area contributed by atoms with E-state index in [0.29, 0.717) is 41.9 Å². The zero-order chi connectivity index (χ0) is 26.3. The second kappa shape index (κ2) is 10.2. The van der Waals surface area contributed by atoms with Gasteiger partial charge in [0.25, 0.3) is 5.91 Å². The van der Waals surface area contributed by atoms with E-state index in [-0.39, 0.29) is 28.4 Å². The lowest BCUT2D eigenvalue weighted by atomic mass is 9.95. The largest absolute Gasteiger partial charge is 0.490 e. The SMILES string of the molecule is Cc1nc(C(C)c2cc(Cl)c(F)c(C(=O)N3CCN(C(C)C)CC3)c2OC(C)C)n2ccnc(N)c12. The number of nitrogen functional groups attached to an aromatic ring is 1. The molecule has 1 unspecified atom stereocenters. The minimum Gasteiger partial charge on any atom is -0.490 e. The van der Waals surface area contributed by atoms with E-state index in [4.69, 9.17) is 27.1 Å². The predicted octanol–water partition coefficient (Wildman–Crippen LogP) is 4.52. The second-order valence-electron chi connectivity index (χ2n) is 9.86. The number of piperazine rings is 1. The molecule has 0 aliphatic carbocycles. The monoisotopic (exact) mass is 516 g/mol. The average Bonchev–Trinajstić information content (AvgIpc) is 3.18. The number of halogens is 2. The Morgan fingerprint density at radius 2 is 1.83 bits per heavy atom. The minimum atomic E-state index is -0.767. The quantitative estimate of drug-likeness (QED) is 0.518. The molecule has 1 saturated heterocycles. The number of amides is 1. The van der Waals surface area contributed by atoms with Gasteiger partial charge in [-0.1, -0.05) is 18.5 Å². The number of ether oxygens (including phenoxy) is 1. The Hall–Kier alpha value is -2.91. The number of aryl methyl sites for hydroxylation is 1. The minimum absolute atomic E-state index is 0.129. The Kier molecular flexibility index (Phi) is 7.43. The van der Waals surface area contributed by atoms with Crippen LogP contribution in [0.2, 0.25) is 5.02 Å². The van der Waals surface area contributed by atoms with Crippen LogP contribution in [0, 0.1) is 12.7 Å². The summed E-state index contributed by atoms with van der Waals surface area (Å²) in [6.45, 7) is 14.2.